The van der Waals surface area contributed by atoms with Crippen LogP contribution >= 0.6 is 0 Å². The first-order valence-electron chi connectivity index (χ1n) is 7.37. The zero-order valence-corrected chi connectivity index (χ0v) is 12.5. The Balaban J connectivity index is 1.51. The lowest BCUT2D eigenvalue weighted by atomic mass is 10.1. The molecule has 0 saturated carbocycles. The summed E-state index contributed by atoms with van der Waals surface area (Å²) < 4.78 is 30.3. The normalized spacial score (nSPS) is 21.7. The van der Waals surface area contributed by atoms with Gasteiger partial charge in [0.2, 0.25) is 0 Å². The number of hydrogen-bond donors (Lipinski definition) is 0. The molecule has 0 amide bonds. The molecular formula is C18H19FO3. The number of halogens is 1. The van der Waals surface area contributed by atoms with E-state index >= 15 is 0 Å². The van der Waals surface area contributed by atoms with Gasteiger partial charge in [-0.1, -0.05) is 36.4 Å². The second-order valence-corrected chi connectivity index (χ2v) is 5.41. The second kappa shape index (κ2) is 7.01. The highest BCUT2D eigenvalue weighted by molar-refractivity contribution is 5.24. The number of ether oxygens (including phenoxy) is 3. The van der Waals surface area contributed by atoms with Crippen LogP contribution in [0.25, 0.3) is 0 Å². The minimum absolute atomic E-state index is 0.107. The highest BCUT2D eigenvalue weighted by atomic mass is 19.1. The van der Waals surface area contributed by atoms with Crippen molar-refractivity contribution in [1.82, 2.24) is 0 Å². The summed E-state index contributed by atoms with van der Waals surface area (Å²) in [6.07, 6.45) is -0.626. The molecule has 0 spiro atoms. The lowest BCUT2D eigenvalue weighted by Gasteiger charge is -2.29. The Morgan fingerprint density at radius 1 is 1.09 bits per heavy atom. The smallest absolute Gasteiger partial charge is 0.184 e. The summed E-state index contributed by atoms with van der Waals surface area (Å²) in [4.78, 5) is 0. The molecule has 0 N–H and O–H groups in total. The molecule has 3 nitrogen and oxygen atoms in total. The van der Waals surface area contributed by atoms with Gasteiger partial charge < -0.3 is 14.2 Å². The third kappa shape index (κ3) is 3.71. The Morgan fingerprint density at radius 2 is 1.86 bits per heavy atom. The first-order valence-corrected chi connectivity index (χ1v) is 7.37. The van der Waals surface area contributed by atoms with E-state index in [0.717, 1.165) is 5.56 Å². The van der Waals surface area contributed by atoms with Crippen molar-refractivity contribution in [3.63, 3.8) is 0 Å². The summed E-state index contributed by atoms with van der Waals surface area (Å²) in [6, 6.07) is 14.4. The van der Waals surface area contributed by atoms with Crippen LogP contribution in [0.5, 0.6) is 0 Å². The molecular weight excluding hydrogens is 283 g/mol. The molecule has 1 fully saturated rings. The van der Waals surface area contributed by atoms with Crippen LogP contribution in [-0.4, -0.2) is 19.3 Å². The maximum absolute atomic E-state index is 13.2. The van der Waals surface area contributed by atoms with Crippen LogP contribution in [0.3, 0.4) is 0 Å². The molecule has 2 aromatic carbocycles. The summed E-state index contributed by atoms with van der Waals surface area (Å²) in [6.45, 7) is 3.47. The predicted molar refractivity (Wildman–Crippen MR) is 80.8 cm³/mol. The summed E-state index contributed by atoms with van der Waals surface area (Å²) in [5, 5.41) is 0. The monoisotopic (exact) mass is 302 g/mol. The Kier molecular flexibility index (Phi) is 4.83. The van der Waals surface area contributed by atoms with E-state index < -0.39 is 6.29 Å². The maximum atomic E-state index is 13.2. The molecule has 1 heterocycles. The van der Waals surface area contributed by atoms with Crippen molar-refractivity contribution >= 4 is 0 Å². The lowest BCUT2D eigenvalue weighted by Crippen LogP contribution is -2.33. The van der Waals surface area contributed by atoms with Gasteiger partial charge in [-0.05, 0) is 30.2 Å². The van der Waals surface area contributed by atoms with Crippen LogP contribution in [0.4, 0.5) is 4.39 Å². The SMILES string of the molecule is Cc1ccccc1CO[C@H]1CO[C@@H](c2cccc(F)c2)OC1. The summed E-state index contributed by atoms with van der Waals surface area (Å²) in [5.74, 6) is -0.289. The van der Waals surface area contributed by atoms with Gasteiger partial charge in [0.05, 0.1) is 19.8 Å². The van der Waals surface area contributed by atoms with Crippen molar-refractivity contribution in [1.29, 1.82) is 0 Å². The predicted octanol–water partition coefficient (Wildman–Crippen LogP) is 3.76. The van der Waals surface area contributed by atoms with Crippen LogP contribution in [0.1, 0.15) is 23.0 Å². The van der Waals surface area contributed by atoms with E-state index in [0.29, 0.717) is 25.4 Å². The van der Waals surface area contributed by atoms with Gasteiger partial charge in [0.15, 0.2) is 6.29 Å². The van der Waals surface area contributed by atoms with Crippen molar-refractivity contribution in [3.05, 3.63) is 71.0 Å². The second-order valence-electron chi connectivity index (χ2n) is 5.41. The first-order chi connectivity index (χ1) is 10.7. The quantitative estimate of drug-likeness (QED) is 0.860. The van der Waals surface area contributed by atoms with Crippen LogP contribution in [-0.2, 0) is 20.8 Å². The molecule has 0 unspecified atom stereocenters. The molecule has 0 radical (unpaired) electrons. The van der Waals surface area contributed by atoms with Crippen LogP contribution in [0.2, 0.25) is 0 Å². The molecule has 22 heavy (non-hydrogen) atoms. The molecule has 0 aromatic heterocycles. The number of benzene rings is 2. The molecule has 1 aliphatic rings. The molecule has 0 bridgehead atoms. The largest absolute Gasteiger partial charge is 0.369 e. The molecule has 3 rings (SSSR count). The van der Waals surface area contributed by atoms with E-state index in [4.69, 9.17) is 14.2 Å². The van der Waals surface area contributed by atoms with Crippen molar-refractivity contribution in [3.8, 4) is 0 Å². The van der Waals surface area contributed by atoms with Crippen molar-refractivity contribution in [2.75, 3.05) is 13.2 Å². The Hall–Kier alpha value is -1.75. The van der Waals surface area contributed by atoms with Crippen LogP contribution in [0.15, 0.2) is 48.5 Å². The van der Waals surface area contributed by atoms with Crippen LogP contribution < -0.4 is 0 Å². The fraction of sp³-hybridized carbons (Fsp3) is 0.333. The molecule has 0 aliphatic carbocycles. The topological polar surface area (TPSA) is 27.7 Å². The molecule has 116 valence electrons. The highest BCUT2D eigenvalue weighted by Gasteiger charge is 2.24. The molecule has 4 heteroatoms. The van der Waals surface area contributed by atoms with Gasteiger partial charge in [-0.3, -0.25) is 0 Å². The zero-order valence-electron chi connectivity index (χ0n) is 12.5. The van der Waals surface area contributed by atoms with Gasteiger partial charge in [-0.15, -0.1) is 0 Å². The Labute approximate surface area is 129 Å². The average Bonchev–Trinajstić information content (AvgIpc) is 2.55. The number of hydrogen-bond acceptors (Lipinski definition) is 3. The third-order valence-electron chi connectivity index (χ3n) is 3.72. The molecule has 1 saturated heterocycles. The Bertz CT molecular complexity index is 621. The van der Waals surface area contributed by atoms with Gasteiger partial charge in [0.1, 0.15) is 11.9 Å². The van der Waals surface area contributed by atoms with Crippen molar-refractivity contribution in [2.24, 2.45) is 0 Å². The van der Waals surface area contributed by atoms with Gasteiger partial charge in [-0.25, -0.2) is 4.39 Å². The van der Waals surface area contributed by atoms with E-state index in [2.05, 4.69) is 19.1 Å². The molecule has 0 atom stereocenters. The highest BCUT2D eigenvalue weighted by Crippen LogP contribution is 2.24. The van der Waals surface area contributed by atoms with Crippen molar-refractivity contribution < 1.29 is 18.6 Å². The van der Waals surface area contributed by atoms with Crippen molar-refractivity contribution in [2.45, 2.75) is 25.9 Å². The zero-order chi connectivity index (χ0) is 15.4. The lowest BCUT2D eigenvalue weighted by molar-refractivity contribution is -0.232. The maximum Gasteiger partial charge on any atom is 0.184 e. The van der Waals surface area contributed by atoms with Crippen LogP contribution in [0, 0.1) is 12.7 Å². The van der Waals surface area contributed by atoms with E-state index in [1.54, 1.807) is 12.1 Å². The van der Waals surface area contributed by atoms with E-state index in [9.17, 15) is 4.39 Å². The van der Waals surface area contributed by atoms with E-state index in [1.807, 2.05) is 12.1 Å². The fourth-order valence-electron chi connectivity index (χ4n) is 2.41. The van der Waals surface area contributed by atoms with E-state index in [1.165, 1.54) is 17.7 Å². The Morgan fingerprint density at radius 3 is 2.59 bits per heavy atom. The van der Waals surface area contributed by atoms with Gasteiger partial charge in [-0.2, -0.15) is 0 Å². The standard InChI is InChI=1S/C18H19FO3/c1-13-5-2-3-6-15(13)10-20-17-11-21-18(22-12-17)14-7-4-8-16(19)9-14/h2-9,17-18H,10-12H2,1H3/t17-,18+. The minimum atomic E-state index is -0.519. The average molecular weight is 302 g/mol. The first kappa shape index (κ1) is 15.2. The number of rotatable bonds is 4. The van der Waals surface area contributed by atoms with E-state index in [-0.39, 0.29) is 11.9 Å². The molecule has 2 aromatic rings. The summed E-state index contributed by atoms with van der Waals surface area (Å²) >= 11 is 0. The summed E-state index contributed by atoms with van der Waals surface area (Å²) in [7, 11) is 0. The number of aryl methyl sites for hydroxylation is 1. The van der Waals surface area contributed by atoms with Gasteiger partial charge >= 0.3 is 0 Å². The molecule has 1 aliphatic heterocycles. The fourth-order valence-corrected chi connectivity index (χ4v) is 2.41. The third-order valence-corrected chi connectivity index (χ3v) is 3.72. The van der Waals surface area contributed by atoms with Gasteiger partial charge in [0.25, 0.3) is 0 Å². The summed E-state index contributed by atoms with van der Waals surface area (Å²) in [5.41, 5.74) is 3.06. The minimum Gasteiger partial charge on any atom is -0.369 e. The van der Waals surface area contributed by atoms with Gasteiger partial charge in [0, 0.05) is 5.56 Å².